The molecule has 0 N–H and O–H groups in total. The zero-order chi connectivity index (χ0) is 28.3. The number of methoxy groups -OCH3 is 1. The average molecular weight is 548 g/mol. The monoisotopic (exact) mass is 547 g/mol. The van der Waals surface area contributed by atoms with Crippen LogP contribution in [0.5, 0.6) is 5.75 Å². The number of carbonyl (C=O) groups is 1. The molecule has 1 saturated heterocycles. The van der Waals surface area contributed by atoms with Crippen molar-refractivity contribution in [3.63, 3.8) is 0 Å². The molecule has 0 bridgehead atoms. The summed E-state index contributed by atoms with van der Waals surface area (Å²) >= 11 is 0. The Morgan fingerprint density at radius 1 is 0.878 bits per heavy atom. The molecule has 0 saturated carbocycles. The van der Waals surface area contributed by atoms with E-state index in [0.29, 0.717) is 25.2 Å². The SMILES string of the molecule is COc1ccc(C(=O)N2CCN(Cc3c(-c4ccccc4)nc4ccc(-c5cccc([N+](=O)[O-])c5)cn34)CC2)cc1. The number of nitrogens with zero attached hydrogens (tertiary/aromatic N) is 5. The summed E-state index contributed by atoms with van der Waals surface area (Å²) in [5.74, 6) is 0.746. The maximum Gasteiger partial charge on any atom is 0.270 e. The molecule has 1 aliphatic heterocycles. The van der Waals surface area contributed by atoms with Gasteiger partial charge in [0.05, 0.1) is 23.4 Å². The van der Waals surface area contributed by atoms with E-state index in [1.807, 2.05) is 47.5 Å². The van der Waals surface area contributed by atoms with Crippen LogP contribution in [0, 0.1) is 10.1 Å². The molecule has 9 nitrogen and oxygen atoms in total. The molecule has 0 atom stereocenters. The quantitative estimate of drug-likeness (QED) is 0.196. The Kier molecular flexibility index (Phi) is 7.18. The molecule has 0 aliphatic carbocycles. The molecule has 3 aromatic carbocycles. The summed E-state index contributed by atoms with van der Waals surface area (Å²) in [5, 5.41) is 11.4. The highest BCUT2D eigenvalue weighted by Gasteiger charge is 2.25. The second-order valence-electron chi connectivity index (χ2n) is 10.0. The van der Waals surface area contributed by atoms with Gasteiger partial charge in [0, 0.05) is 62.2 Å². The lowest BCUT2D eigenvalue weighted by Crippen LogP contribution is -2.48. The molecule has 1 amide bonds. The van der Waals surface area contributed by atoms with E-state index < -0.39 is 0 Å². The predicted octanol–water partition coefficient (Wildman–Crippen LogP) is 5.54. The van der Waals surface area contributed by atoms with Gasteiger partial charge in [-0.2, -0.15) is 0 Å². The first-order valence-electron chi connectivity index (χ1n) is 13.5. The van der Waals surface area contributed by atoms with Crippen molar-refractivity contribution in [1.29, 1.82) is 0 Å². The van der Waals surface area contributed by atoms with Crippen LogP contribution in [0.2, 0.25) is 0 Å². The van der Waals surface area contributed by atoms with Crippen molar-refractivity contribution in [1.82, 2.24) is 19.2 Å². The van der Waals surface area contributed by atoms with Gasteiger partial charge in [0.25, 0.3) is 11.6 Å². The fourth-order valence-electron chi connectivity index (χ4n) is 5.28. The van der Waals surface area contributed by atoms with Crippen molar-refractivity contribution in [2.24, 2.45) is 0 Å². The van der Waals surface area contributed by atoms with Crippen LogP contribution < -0.4 is 4.74 Å². The lowest BCUT2D eigenvalue weighted by atomic mass is 10.1. The van der Waals surface area contributed by atoms with E-state index in [1.165, 1.54) is 6.07 Å². The molecule has 1 aliphatic rings. The third kappa shape index (κ3) is 5.39. The molecule has 2 aromatic heterocycles. The molecule has 1 fully saturated rings. The third-order valence-electron chi connectivity index (χ3n) is 7.52. The number of amides is 1. The van der Waals surface area contributed by atoms with Gasteiger partial charge in [-0.15, -0.1) is 0 Å². The van der Waals surface area contributed by atoms with Gasteiger partial charge in [-0.3, -0.25) is 19.8 Å². The van der Waals surface area contributed by atoms with Crippen LogP contribution in [0.4, 0.5) is 5.69 Å². The fraction of sp³-hybridized carbons (Fsp3) is 0.188. The zero-order valence-electron chi connectivity index (χ0n) is 22.6. The highest BCUT2D eigenvalue weighted by molar-refractivity contribution is 5.94. The van der Waals surface area contributed by atoms with Crippen molar-refractivity contribution >= 4 is 17.2 Å². The summed E-state index contributed by atoms with van der Waals surface area (Å²) < 4.78 is 7.30. The van der Waals surface area contributed by atoms with E-state index >= 15 is 0 Å². The molecule has 6 rings (SSSR count). The minimum atomic E-state index is -0.378. The van der Waals surface area contributed by atoms with E-state index in [-0.39, 0.29) is 16.5 Å². The number of nitro benzene ring substituents is 1. The number of hydrogen-bond acceptors (Lipinski definition) is 6. The second kappa shape index (κ2) is 11.2. The number of carbonyl (C=O) groups excluding carboxylic acids is 1. The Labute approximate surface area is 237 Å². The minimum absolute atomic E-state index is 0.0219. The molecule has 41 heavy (non-hydrogen) atoms. The molecule has 9 heteroatoms. The lowest BCUT2D eigenvalue weighted by molar-refractivity contribution is -0.384. The number of aromatic nitrogens is 2. The van der Waals surface area contributed by atoms with Crippen molar-refractivity contribution in [3.05, 3.63) is 119 Å². The van der Waals surface area contributed by atoms with Crippen LogP contribution in [0.15, 0.2) is 97.2 Å². The summed E-state index contributed by atoms with van der Waals surface area (Å²) in [6.07, 6.45) is 2.01. The number of piperazine rings is 1. The smallest absolute Gasteiger partial charge is 0.270 e. The first-order valence-corrected chi connectivity index (χ1v) is 13.5. The Morgan fingerprint density at radius 2 is 1.61 bits per heavy atom. The summed E-state index contributed by atoms with van der Waals surface area (Å²) in [4.78, 5) is 33.3. The predicted molar refractivity (Wildman–Crippen MR) is 157 cm³/mol. The Hall–Kier alpha value is -5.02. The van der Waals surface area contributed by atoms with Crippen LogP contribution in [0.25, 0.3) is 28.0 Å². The van der Waals surface area contributed by atoms with Crippen molar-refractivity contribution in [2.75, 3.05) is 33.3 Å². The zero-order valence-corrected chi connectivity index (χ0v) is 22.6. The number of non-ortho nitro benzene ring substituents is 1. The summed E-state index contributed by atoms with van der Waals surface area (Å²) in [5.41, 5.74) is 6.12. The highest BCUT2D eigenvalue weighted by atomic mass is 16.6. The van der Waals surface area contributed by atoms with E-state index in [9.17, 15) is 14.9 Å². The van der Waals surface area contributed by atoms with Crippen molar-refractivity contribution < 1.29 is 14.5 Å². The topological polar surface area (TPSA) is 93.2 Å². The first-order chi connectivity index (χ1) is 20.0. The molecular formula is C32H29N5O4. The van der Waals surface area contributed by atoms with Crippen LogP contribution in [0.1, 0.15) is 16.1 Å². The molecule has 206 valence electrons. The third-order valence-corrected chi connectivity index (χ3v) is 7.52. The fourth-order valence-corrected chi connectivity index (χ4v) is 5.28. The summed E-state index contributed by atoms with van der Waals surface area (Å²) in [7, 11) is 1.61. The number of hydrogen-bond donors (Lipinski definition) is 0. The Morgan fingerprint density at radius 3 is 2.32 bits per heavy atom. The lowest BCUT2D eigenvalue weighted by Gasteiger charge is -2.34. The molecular weight excluding hydrogens is 518 g/mol. The minimum Gasteiger partial charge on any atom is -0.497 e. The van der Waals surface area contributed by atoms with Gasteiger partial charge < -0.3 is 14.0 Å². The van der Waals surface area contributed by atoms with Gasteiger partial charge in [0.1, 0.15) is 11.4 Å². The van der Waals surface area contributed by atoms with E-state index in [1.54, 1.807) is 43.5 Å². The number of benzene rings is 3. The largest absolute Gasteiger partial charge is 0.497 e. The van der Waals surface area contributed by atoms with E-state index in [0.717, 1.165) is 52.6 Å². The van der Waals surface area contributed by atoms with Crippen LogP contribution in [0.3, 0.4) is 0 Å². The number of fused-ring (bicyclic) bond motifs is 1. The van der Waals surface area contributed by atoms with E-state index in [2.05, 4.69) is 21.4 Å². The standard InChI is InChI=1S/C32H29N5O4/c1-41-28-13-10-24(11-14-28)32(38)35-18-16-34(17-19-35)22-29-31(23-6-3-2-4-7-23)33-30-15-12-26(21-36(29)30)25-8-5-9-27(20-25)37(39)40/h2-15,20-21H,16-19,22H2,1H3. The van der Waals surface area contributed by atoms with Crippen molar-refractivity contribution in [2.45, 2.75) is 6.54 Å². The second-order valence-corrected chi connectivity index (χ2v) is 10.0. The van der Waals surface area contributed by atoms with Gasteiger partial charge in [0.2, 0.25) is 0 Å². The van der Waals surface area contributed by atoms with Gasteiger partial charge in [-0.25, -0.2) is 4.98 Å². The number of ether oxygens (including phenoxy) is 1. The van der Waals surface area contributed by atoms with Gasteiger partial charge in [0.15, 0.2) is 0 Å². The molecule has 0 unspecified atom stereocenters. The highest BCUT2D eigenvalue weighted by Crippen LogP contribution is 2.30. The summed E-state index contributed by atoms with van der Waals surface area (Å²) in [6.45, 7) is 3.36. The molecule has 3 heterocycles. The number of pyridine rings is 1. The van der Waals surface area contributed by atoms with Crippen LogP contribution in [-0.2, 0) is 6.54 Å². The number of rotatable bonds is 7. The summed E-state index contributed by atoms with van der Waals surface area (Å²) in [6, 6.07) is 27.9. The Balaban J connectivity index is 1.28. The van der Waals surface area contributed by atoms with Gasteiger partial charge in [-0.05, 0) is 47.5 Å². The van der Waals surface area contributed by atoms with Crippen molar-refractivity contribution in [3.8, 4) is 28.1 Å². The normalized spacial score (nSPS) is 13.8. The van der Waals surface area contributed by atoms with Crippen LogP contribution in [-0.4, -0.2) is 63.3 Å². The van der Waals surface area contributed by atoms with E-state index in [4.69, 9.17) is 9.72 Å². The number of imidazole rings is 1. The van der Waals surface area contributed by atoms with Gasteiger partial charge >= 0.3 is 0 Å². The Bertz CT molecular complexity index is 1710. The molecule has 5 aromatic rings. The molecule has 0 radical (unpaired) electrons. The number of nitro groups is 1. The maximum atomic E-state index is 13.1. The van der Waals surface area contributed by atoms with Crippen LogP contribution >= 0.6 is 0 Å². The maximum absolute atomic E-state index is 13.1. The van der Waals surface area contributed by atoms with Gasteiger partial charge in [-0.1, -0.05) is 42.5 Å². The first kappa shape index (κ1) is 26.2. The molecule has 0 spiro atoms. The average Bonchev–Trinajstić information content (AvgIpc) is 3.39.